The van der Waals surface area contributed by atoms with E-state index in [1.165, 1.54) is 17.7 Å². The number of aromatic nitrogens is 2. The van der Waals surface area contributed by atoms with Gasteiger partial charge in [-0.2, -0.15) is 5.10 Å². The van der Waals surface area contributed by atoms with Crippen molar-refractivity contribution in [1.29, 1.82) is 0 Å². The van der Waals surface area contributed by atoms with E-state index in [0.717, 1.165) is 38.0 Å². The second-order valence-electron chi connectivity index (χ2n) is 8.83. The zero-order valence-corrected chi connectivity index (χ0v) is 17.7. The summed E-state index contributed by atoms with van der Waals surface area (Å²) in [4.78, 5) is 17.1. The number of nitrogens with zero attached hydrogens (tertiary/aromatic N) is 4. The Hall–Kier alpha value is -2.99. The smallest absolute Gasteiger partial charge is 0.227 e. The minimum Gasteiger partial charge on any atom is -0.306 e. The highest BCUT2D eigenvalue weighted by molar-refractivity contribution is 5.97. The molecule has 2 aliphatic heterocycles. The molecular formula is C25H27FN4O. The van der Waals surface area contributed by atoms with Crippen LogP contribution in [0.2, 0.25) is 0 Å². The van der Waals surface area contributed by atoms with Crippen molar-refractivity contribution in [3.05, 3.63) is 78.4 Å². The van der Waals surface area contributed by atoms with Crippen molar-refractivity contribution >= 4 is 11.6 Å². The Balaban J connectivity index is 1.33. The molecule has 6 heteroatoms. The summed E-state index contributed by atoms with van der Waals surface area (Å²) in [6.45, 7) is 4.01. The second kappa shape index (κ2) is 7.93. The van der Waals surface area contributed by atoms with Crippen LogP contribution < -0.4 is 4.90 Å². The lowest BCUT2D eigenvalue weighted by atomic mass is 9.81. The van der Waals surface area contributed by atoms with Gasteiger partial charge < -0.3 is 4.90 Å². The predicted molar refractivity (Wildman–Crippen MR) is 119 cm³/mol. The molecule has 1 amide bonds. The van der Waals surface area contributed by atoms with Crippen molar-refractivity contribution in [3.63, 3.8) is 0 Å². The number of benzene rings is 2. The average molecular weight is 419 g/mol. The lowest BCUT2D eigenvalue weighted by Gasteiger charge is -2.48. The first kappa shape index (κ1) is 19.9. The monoisotopic (exact) mass is 418 g/mol. The van der Waals surface area contributed by atoms with Gasteiger partial charge in [0.05, 0.1) is 11.2 Å². The van der Waals surface area contributed by atoms with Crippen LogP contribution in [0.5, 0.6) is 0 Å². The maximum absolute atomic E-state index is 13.9. The second-order valence-corrected chi connectivity index (χ2v) is 8.83. The molecule has 1 spiro atoms. The van der Waals surface area contributed by atoms with Crippen LogP contribution in [0.4, 0.5) is 10.1 Å². The summed E-state index contributed by atoms with van der Waals surface area (Å²) in [7, 11) is 0. The molecule has 5 rings (SSSR count). The van der Waals surface area contributed by atoms with Crippen LogP contribution in [0.1, 0.15) is 38.2 Å². The van der Waals surface area contributed by atoms with Gasteiger partial charge in [-0.05, 0) is 68.1 Å². The first-order chi connectivity index (χ1) is 15.0. The number of piperidine rings is 1. The van der Waals surface area contributed by atoms with E-state index >= 15 is 0 Å². The molecule has 2 atom stereocenters. The number of halogens is 1. The van der Waals surface area contributed by atoms with Crippen molar-refractivity contribution < 1.29 is 9.18 Å². The Morgan fingerprint density at radius 2 is 1.94 bits per heavy atom. The van der Waals surface area contributed by atoms with E-state index in [9.17, 15) is 9.18 Å². The number of rotatable bonds is 4. The molecule has 0 N–H and O–H groups in total. The van der Waals surface area contributed by atoms with Crippen molar-refractivity contribution in [2.24, 2.45) is 0 Å². The normalized spacial score (nSPS) is 24.3. The van der Waals surface area contributed by atoms with E-state index in [2.05, 4.69) is 41.2 Å². The van der Waals surface area contributed by atoms with Crippen molar-refractivity contribution in [1.82, 2.24) is 14.7 Å². The van der Waals surface area contributed by atoms with Crippen molar-refractivity contribution in [2.45, 2.75) is 50.7 Å². The van der Waals surface area contributed by atoms with E-state index in [1.807, 2.05) is 27.9 Å². The summed E-state index contributed by atoms with van der Waals surface area (Å²) in [5, 5.41) is 4.33. The summed E-state index contributed by atoms with van der Waals surface area (Å²) in [6, 6.07) is 17.2. The molecule has 3 aromatic rings. The minimum atomic E-state index is -0.296. The van der Waals surface area contributed by atoms with E-state index in [-0.39, 0.29) is 17.3 Å². The third-order valence-electron chi connectivity index (χ3n) is 6.82. The number of hydrogen-bond acceptors (Lipinski definition) is 3. The zero-order chi connectivity index (χ0) is 21.4. The summed E-state index contributed by atoms with van der Waals surface area (Å²) >= 11 is 0. The topological polar surface area (TPSA) is 41.4 Å². The van der Waals surface area contributed by atoms with Gasteiger partial charge in [-0.15, -0.1) is 0 Å². The van der Waals surface area contributed by atoms with Crippen LogP contribution in [0, 0.1) is 5.82 Å². The minimum absolute atomic E-state index is 0.109. The van der Waals surface area contributed by atoms with E-state index in [4.69, 9.17) is 0 Å². The lowest BCUT2D eigenvalue weighted by Crippen LogP contribution is -2.56. The molecule has 0 saturated carbocycles. The fourth-order valence-corrected chi connectivity index (χ4v) is 5.33. The molecule has 2 aliphatic rings. The van der Waals surface area contributed by atoms with E-state index < -0.39 is 0 Å². The maximum atomic E-state index is 13.9. The molecule has 0 aliphatic carbocycles. The molecule has 0 bridgehead atoms. The van der Waals surface area contributed by atoms with Crippen LogP contribution >= 0.6 is 0 Å². The summed E-state index contributed by atoms with van der Waals surface area (Å²) in [6.07, 6.45) is 6.91. The number of amides is 1. The predicted octanol–water partition coefficient (Wildman–Crippen LogP) is 4.56. The standard InChI is InChI=1S/C25H27FN4O/c1-19-17-25(10-9-24(31)30(25)23-8-3-6-21(26)16-23)11-14-28(19)18-20-5-2-7-22(15-20)29-13-4-12-27-29/h2-8,12-13,15-16,19H,9-11,14,17-18H2,1H3. The van der Waals surface area contributed by atoms with Crippen molar-refractivity contribution in [3.8, 4) is 5.69 Å². The number of hydrogen-bond donors (Lipinski definition) is 0. The Morgan fingerprint density at radius 3 is 2.71 bits per heavy atom. The number of likely N-dealkylation sites (tertiary alicyclic amines) is 1. The zero-order valence-electron chi connectivity index (χ0n) is 17.7. The lowest BCUT2D eigenvalue weighted by molar-refractivity contribution is -0.117. The Labute approximate surface area is 182 Å². The van der Waals surface area contributed by atoms with E-state index in [0.29, 0.717) is 18.2 Å². The molecule has 2 fully saturated rings. The Bertz CT molecular complexity index is 1080. The number of carbonyl (C=O) groups is 1. The fourth-order valence-electron chi connectivity index (χ4n) is 5.33. The number of carbonyl (C=O) groups excluding carboxylic acids is 1. The molecule has 2 saturated heterocycles. The Morgan fingerprint density at radius 1 is 1.10 bits per heavy atom. The molecule has 5 nitrogen and oxygen atoms in total. The third-order valence-corrected chi connectivity index (χ3v) is 6.82. The Kier molecular flexibility index (Phi) is 5.10. The highest BCUT2D eigenvalue weighted by Crippen LogP contribution is 2.44. The number of anilines is 1. The highest BCUT2D eigenvalue weighted by atomic mass is 19.1. The summed E-state index contributed by atoms with van der Waals surface area (Å²) in [5.74, 6) is -0.187. The molecule has 2 unspecified atom stereocenters. The van der Waals surface area contributed by atoms with E-state index in [1.54, 1.807) is 12.3 Å². The van der Waals surface area contributed by atoms with Crippen LogP contribution in [0.25, 0.3) is 5.69 Å². The molecule has 2 aromatic carbocycles. The molecular weight excluding hydrogens is 391 g/mol. The highest BCUT2D eigenvalue weighted by Gasteiger charge is 2.49. The largest absolute Gasteiger partial charge is 0.306 e. The van der Waals surface area contributed by atoms with Gasteiger partial charge in [-0.3, -0.25) is 9.69 Å². The first-order valence-electron chi connectivity index (χ1n) is 11.0. The molecule has 1 aromatic heterocycles. The molecule has 31 heavy (non-hydrogen) atoms. The van der Waals surface area contributed by atoms with Gasteiger partial charge in [-0.1, -0.05) is 18.2 Å². The van der Waals surface area contributed by atoms with Gasteiger partial charge in [0.25, 0.3) is 0 Å². The quantitative estimate of drug-likeness (QED) is 0.624. The molecule has 0 radical (unpaired) electrons. The third kappa shape index (κ3) is 3.76. The van der Waals surface area contributed by atoms with Gasteiger partial charge in [0.15, 0.2) is 0 Å². The molecule has 160 valence electrons. The fraction of sp³-hybridized carbons (Fsp3) is 0.360. The average Bonchev–Trinajstić information content (AvgIpc) is 3.40. The van der Waals surface area contributed by atoms with Gasteiger partial charge in [0, 0.05) is 43.6 Å². The summed E-state index contributed by atoms with van der Waals surface area (Å²) < 4.78 is 15.7. The molecule has 3 heterocycles. The van der Waals surface area contributed by atoms with Gasteiger partial charge >= 0.3 is 0 Å². The van der Waals surface area contributed by atoms with Crippen LogP contribution in [-0.4, -0.2) is 38.7 Å². The van der Waals surface area contributed by atoms with Gasteiger partial charge in [0.1, 0.15) is 5.82 Å². The van der Waals surface area contributed by atoms with Gasteiger partial charge in [0.2, 0.25) is 5.91 Å². The maximum Gasteiger partial charge on any atom is 0.227 e. The van der Waals surface area contributed by atoms with Gasteiger partial charge in [-0.25, -0.2) is 9.07 Å². The van der Waals surface area contributed by atoms with Crippen molar-refractivity contribution in [2.75, 3.05) is 11.4 Å². The summed E-state index contributed by atoms with van der Waals surface area (Å²) in [5.41, 5.74) is 2.79. The van der Waals surface area contributed by atoms with Crippen LogP contribution in [0.3, 0.4) is 0 Å². The SMILES string of the molecule is CC1CC2(CCC(=O)N2c2cccc(F)c2)CCN1Cc1cccc(-n2cccn2)c1. The van der Waals surface area contributed by atoms with Crippen LogP contribution in [0.15, 0.2) is 67.0 Å². The van der Waals surface area contributed by atoms with Crippen LogP contribution in [-0.2, 0) is 11.3 Å². The first-order valence-corrected chi connectivity index (χ1v) is 11.0.